The number of pyridine rings is 1. The fourth-order valence-electron chi connectivity index (χ4n) is 3.76. The number of carbonyl (C=O) groups excluding carboxylic acids is 1. The van der Waals surface area contributed by atoms with E-state index in [4.69, 9.17) is 4.74 Å². The van der Waals surface area contributed by atoms with Crippen LogP contribution in [0.5, 0.6) is 5.75 Å². The Labute approximate surface area is 187 Å². The highest BCUT2D eigenvalue weighted by Gasteiger charge is 2.24. The number of piperidine rings is 1. The van der Waals surface area contributed by atoms with Crippen molar-refractivity contribution >= 4 is 17.4 Å². The summed E-state index contributed by atoms with van der Waals surface area (Å²) in [7, 11) is 1.94. The van der Waals surface area contributed by atoms with Crippen LogP contribution < -0.4 is 15.0 Å². The van der Waals surface area contributed by atoms with Gasteiger partial charge in [0.25, 0.3) is 0 Å². The van der Waals surface area contributed by atoms with E-state index in [1.807, 2.05) is 48.3 Å². The Morgan fingerprint density at radius 3 is 2.62 bits per heavy atom. The van der Waals surface area contributed by atoms with E-state index in [0.29, 0.717) is 25.3 Å². The number of hydrogen-bond acceptors (Lipinski definition) is 4. The molecule has 0 spiro atoms. The predicted molar refractivity (Wildman–Crippen MR) is 123 cm³/mol. The van der Waals surface area contributed by atoms with Crippen LogP contribution >= 0.6 is 0 Å². The molecule has 0 saturated carbocycles. The van der Waals surface area contributed by atoms with Gasteiger partial charge >= 0.3 is 6.03 Å². The molecule has 1 N–H and O–H groups in total. The van der Waals surface area contributed by atoms with Gasteiger partial charge in [0.15, 0.2) is 0 Å². The van der Waals surface area contributed by atoms with E-state index >= 15 is 0 Å². The van der Waals surface area contributed by atoms with Crippen molar-refractivity contribution in [2.24, 2.45) is 0 Å². The van der Waals surface area contributed by atoms with E-state index in [2.05, 4.69) is 10.3 Å². The summed E-state index contributed by atoms with van der Waals surface area (Å²) in [5.41, 5.74) is 2.65. The number of aromatic nitrogens is 1. The van der Waals surface area contributed by atoms with Crippen LogP contribution in [0.25, 0.3) is 0 Å². The first-order valence-electron chi connectivity index (χ1n) is 10.7. The molecule has 0 unspecified atom stereocenters. The molecule has 0 bridgehead atoms. The maximum atomic E-state index is 13.4. The molecular formula is C25H27FN4O2. The summed E-state index contributed by atoms with van der Waals surface area (Å²) in [6.07, 6.45) is 4.95. The average Bonchev–Trinajstić information content (AvgIpc) is 2.81. The fourth-order valence-corrected chi connectivity index (χ4v) is 3.76. The van der Waals surface area contributed by atoms with E-state index in [0.717, 1.165) is 29.8 Å². The van der Waals surface area contributed by atoms with E-state index in [9.17, 15) is 9.18 Å². The second-order valence-electron chi connectivity index (χ2n) is 7.96. The van der Waals surface area contributed by atoms with E-state index < -0.39 is 0 Å². The molecule has 0 aliphatic carbocycles. The van der Waals surface area contributed by atoms with Crippen LogP contribution in [-0.2, 0) is 6.54 Å². The smallest absolute Gasteiger partial charge is 0.321 e. The number of rotatable bonds is 6. The van der Waals surface area contributed by atoms with Crippen LogP contribution in [0.4, 0.5) is 20.6 Å². The number of benzene rings is 2. The minimum atomic E-state index is -0.237. The molecule has 1 fully saturated rings. The van der Waals surface area contributed by atoms with Crippen LogP contribution in [0.2, 0.25) is 0 Å². The van der Waals surface area contributed by atoms with Gasteiger partial charge in [0.1, 0.15) is 17.7 Å². The maximum Gasteiger partial charge on any atom is 0.321 e. The number of nitrogens with zero attached hydrogens (tertiary/aromatic N) is 3. The Kier molecular flexibility index (Phi) is 6.84. The molecule has 6 nitrogen and oxygen atoms in total. The van der Waals surface area contributed by atoms with Crippen LogP contribution in [-0.4, -0.2) is 42.2 Å². The summed E-state index contributed by atoms with van der Waals surface area (Å²) in [5.74, 6) is 0.583. The van der Waals surface area contributed by atoms with Gasteiger partial charge in [-0.3, -0.25) is 4.98 Å². The molecule has 4 rings (SSSR count). The van der Waals surface area contributed by atoms with E-state index in [1.54, 1.807) is 29.4 Å². The number of nitrogens with one attached hydrogen (secondary N) is 1. The Balaban J connectivity index is 1.24. The zero-order chi connectivity index (χ0) is 22.3. The first-order chi connectivity index (χ1) is 15.6. The lowest BCUT2D eigenvalue weighted by atomic mass is 10.1. The molecule has 0 radical (unpaired) electrons. The highest BCUT2D eigenvalue weighted by atomic mass is 19.1. The molecule has 1 aliphatic rings. The molecule has 166 valence electrons. The highest BCUT2D eigenvalue weighted by Crippen LogP contribution is 2.22. The summed E-state index contributed by atoms with van der Waals surface area (Å²) < 4.78 is 19.6. The number of urea groups is 1. The number of carbonyl (C=O) groups is 1. The first-order valence-corrected chi connectivity index (χ1v) is 10.7. The Bertz CT molecular complexity index is 1020. The third-order valence-electron chi connectivity index (χ3n) is 5.54. The van der Waals surface area contributed by atoms with Gasteiger partial charge in [-0.1, -0.05) is 18.2 Å². The zero-order valence-electron chi connectivity index (χ0n) is 18.1. The minimum absolute atomic E-state index is 0.0817. The summed E-state index contributed by atoms with van der Waals surface area (Å²) in [6.45, 7) is 1.97. The number of likely N-dealkylation sites (tertiary alicyclic amines) is 1. The first kappa shape index (κ1) is 21.6. The fraction of sp³-hybridized carbons (Fsp3) is 0.280. The molecular weight excluding hydrogens is 407 g/mol. The van der Waals surface area contributed by atoms with Crippen LogP contribution in [0.1, 0.15) is 18.4 Å². The van der Waals surface area contributed by atoms with Gasteiger partial charge in [0.2, 0.25) is 0 Å². The van der Waals surface area contributed by atoms with Gasteiger partial charge in [-0.15, -0.1) is 0 Å². The Morgan fingerprint density at radius 1 is 1.16 bits per heavy atom. The quantitative estimate of drug-likeness (QED) is 0.598. The van der Waals surface area contributed by atoms with Crippen molar-refractivity contribution in [2.75, 3.05) is 30.4 Å². The maximum absolute atomic E-state index is 13.4. The summed E-state index contributed by atoms with van der Waals surface area (Å²) in [6, 6.07) is 18.1. The third-order valence-corrected chi connectivity index (χ3v) is 5.54. The molecule has 1 saturated heterocycles. The van der Waals surface area contributed by atoms with Gasteiger partial charge in [-0.2, -0.15) is 0 Å². The zero-order valence-corrected chi connectivity index (χ0v) is 18.1. The summed E-state index contributed by atoms with van der Waals surface area (Å²) in [4.78, 5) is 20.2. The van der Waals surface area contributed by atoms with E-state index in [-0.39, 0.29) is 18.0 Å². The Morgan fingerprint density at radius 2 is 1.94 bits per heavy atom. The predicted octanol–water partition coefficient (Wildman–Crippen LogP) is 4.93. The molecule has 0 atom stereocenters. The Hall–Kier alpha value is -3.61. The molecule has 1 aliphatic heterocycles. The molecule has 7 heteroatoms. The van der Waals surface area contributed by atoms with Crippen molar-refractivity contribution in [2.45, 2.75) is 25.5 Å². The van der Waals surface area contributed by atoms with Crippen molar-refractivity contribution in [1.29, 1.82) is 0 Å². The van der Waals surface area contributed by atoms with Crippen molar-refractivity contribution in [3.8, 4) is 5.75 Å². The molecule has 2 aromatic carbocycles. The van der Waals surface area contributed by atoms with Crippen LogP contribution in [0.3, 0.4) is 0 Å². The monoisotopic (exact) mass is 434 g/mol. The van der Waals surface area contributed by atoms with Gasteiger partial charge in [-0.05, 0) is 48.0 Å². The SMILES string of the molecule is CN(Cc1ccc(OC2CCN(C(=O)Nc3cccnc3)CC2)cc1)c1cccc(F)c1. The second kappa shape index (κ2) is 10.1. The van der Waals surface area contributed by atoms with Crippen molar-refractivity contribution < 1.29 is 13.9 Å². The van der Waals surface area contributed by atoms with Crippen molar-refractivity contribution in [3.63, 3.8) is 0 Å². The molecule has 3 aromatic rings. The number of anilines is 2. The average molecular weight is 435 g/mol. The van der Waals surface area contributed by atoms with Gasteiger partial charge < -0.3 is 19.9 Å². The standard InChI is InChI=1S/C25H27FN4O2/c1-29(22-6-2-4-20(26)16-22)18-19-7-9-23(10-8-19)32-24-11-14-30(15-12-24)25(31)28-21-5-3-13-27-17-21/h2-10,13,16-17,24H,11-12,14-15,18H2,1H3,(H,28,31). The number of ether oxygens (including phenoxy) is 1. The normalized spacial score (nSPS) is 14.1. The van der Waals surface area contributed by atoms with Crippen LogP contribution in [0.15, 0.2) is 73.1 Å². The lowest BCUT2D eigenvalue weighted by Gasteiger charge is -2.32. The number of amides is 2. The molecule has 2 amide bonds. The van der Waals surface area contributed by atoms with Crippen molar-refractivity contribution in [1.82, 2.24) is 9.88 Å². The van der Waals surface area contributed by atoms with E-state index in [1.165, 1.54) is 12.1 Å². The molecule has 2 heterocycles. The summed E-state index contributed by atoms with van der Waals surface area (Å²) in [5, 5.41) is 2.87. The minimum Gasteiger partial charge on any atom is -0.490 e. The van der Waals surface area contributed by atoms with Gasteiger partial charge in [-0.25, -0.2) is 9.18 Å². The van der Waals surface area contributed by atoms with Gasteiger partial charge in [0.05, 0.1) is 11.9 Å². The third kappa shape index (κ3) is 5.75. The van der Waals surface area contributed by atoms with Gasteiger partial charge in [0, 0.05) is 51.4 Å². The lowest BCUT2D eigenvalue weighted by Crippen LogP contribution is -2.43. The topological polar surface area (TPSA) is 57.7 Å². The molecule has 1 aromatic heterocycles. The number of hydrogen-bond donors (Lipinski definition) is 1. The van der Waals surface area contributed by atoms with Crippen LogP contribution in [0, 0.1) is 5.82 Å². The van der Waals surface area contributed by atoms with Crippen molar-refractivity contribution in [3.05, 3.63) is 84.4 Å². The molecule has 32 heavy (non-hydrogen) atoms. The second-order valence-corrected chi connectivity index (χ2v) is 7.96. The lowest BCUT2D eigenvalue weighted by molar-refractivity contribution is 0.115. The highest BCUT2D eigenvalue weighted by molar-refractivity contribution is 5.89. The largest absolute Gasteiger partial charge is 0.490 e. The number of halogens is 1. The summed E-state index contributed by atoms with van der Waals surface area (Å²) >= 11 is 0.